The van der Waals surface area contributed by atoms with Gasteiger partial charge in [-0.1, -0.05) is 42.5 Å². The smallest absolute Gasteiger partial charge is 0.329 e. The van der Waals surface area contributed by atoms with Gasteiger partial charge < -0.3 is 10.2 Å². The number of aromatic nitrogens is 4. The topological polar surface area (TPSA) is 138 Å². The average Bonchev–Trinajstić information content (AvgIpc) is 3.15. The number of hydrogen-bond acceptors (Lipinski definition) is 7. The van der Waals surface area contributed by atoms with Gasteiger partial charge in [0.2, 0.25) is 5.95 Å². The number of rotatable bonds is 6. The van der Waals surface area contributed by atoms with Crippen molar-refractivity contribution in [2.24, 2.45) is 12.1 Å². The zero-order chi connectivity index (χ0) is 22.8. The number of phenols is 1. The number of aryl methyl sites for hydroxylation is 1. The maximum Gasteiger partial charge on any atom is 0.329 e. The number of hydrazone groups is 1. The molecule has 1 unspecified atom stereocenters. The molecule has 2 aromatic heterocycles. The van der Waals surface area contributed by atoms with Crippen LogP contribution in [0.15, 0.2) is 69.3 Å². The molecule has 1 atom stereocenters. The van der Waals surface area contributed by atoms with Crippen LogP contribution in [0.3, 0.4) is 0 Å². The van der Waals surface area contributed by atoms with Gasteiger partial charge in [-0.25, -0.2) is 10.2 Å². The summed E-state index contributed by atoms with van der Waals surface area (Å²) in [5.41, 5.74) is 3.53. The summed E-state index contributed by atoms with van der Waals surface area (Å²) >= 11 is 0. The number of imidazole rings is 1. The van der Waals surface area contributed by atoms with E-state index in [1.165, 1.54) is 16.2 Å². The molecule has 164 valence electrons. The van der Waals surface area contributed by atoms with Gasteiger partial charge in [-0.3, -0.25) is 18.9 Å². The van der Waals surface area contributed by atoms with Gasteiger partial charge in [0.1, 0.15) is 5.75 Å². The molecule has 0 aliphatic rings. The molecule has 0 aliphatic heterocycles. The quantitative estimate of drug-likeness (QED) is 0.269. The summed E-state index contributed by atoms with van der Waals surface area (Å²) in [4.78, 5) is 31.3. The number of anilines is 1. The SMILES string of the molecule is C/C(=N\Nc1nc2c(c(=O)[nH]c(=O)n2C)n1CC(O)c1ccccc1)c1ccccc1O. The number of aromatic hydroxyl groups is 1. The molecule has 0 bridgehead atoms. The second-order valence-electron chi connectivity index (χ2n) is 7.29. The average molecular weight is 434 g/mol. The highest BCUT2D eigenvalue weighted by Crippen LogP contribution is 2.22. The number of nitrogens with one attached hydrogen (secondary N) is 2. The van der Waals surface area contributed by atoms with Crippen LogP contribution >= 0.6 is 0 Å². The number of nitrogens with zero attached hydrogens (tertiary/aromatic N) is 4. The van der Waals surface area contributed by atoms with Gasteiger partial charge in [0.05, 0.1) is 18.4 Å². The number of phenolic OH excluding ortho intramolecular Hbond substituents is 1. The predicted molar refractivity (Wildman–Crippen MR) is 121 cm³/mol. The van der Waals surface area contributed by atoms with Crippen molar-refractivity contribution in [1.82, 2.24) is 19.1 Å². The molecule has 4 rings (SSSR count). The van der Waals surface area contributed by atoms with Gasteiger partial charge in [0, 0.05) is 12.6 Å². The van der Waals surface area contributed by atoms with Gasteiger partial charge in [-0.05, 0) is 24.6 Å². The molecule has 32 heavy (non-hydrogen) atoms. The van der Waals surface area contributed by atoms with Crippen LogP contribution in [0.25, 0.3) is 11.2 Å². The molecular formula is C22H22N6O4. The van der Waals surface area contributed by atoms with Crippen LogP contribution in [0, 0.1) is 0 Å². The molecule has 0 aliphatic carbocycles. The second kappa shape index (κ2) is 8.52. The van der Waals surface area contributed by atoms with Crippen LogP contribution in [0.1, 0.15) is 24.2 Å². The molecule has 0 fully saturated rings. The van der Waals surface area contributed by atoms with Crippen molar-refractivity contribution in [2.75, 3.05) is 5.43 Å². The van der Waals surface area contributed by atoms with Gasteiger partial charge in [-0.15, -0.1) is 0 Å². The maximum atomic E-state index is 12.6. The summed E-state index contributed by atoms with van der Waals surface area (Å²) in [5.74, 6) is 0.235. The maximum absolute atomic E-state index is 12.6. The zero-order valence-electron chi connectivity index (χ0n) is 17.5. The van der Waals surface area contributed by atoms with E-state index in [1.807, 2.05) is 6.07 Å². The van der Waals surface area contributed by atoms with Crippen molar-refractivity contribution >= 4 is 22.8 Å². The van der Waals surface area contributed by atoms with E-state index in [1.54, 1.807) is 55.5 Å². The largest absolute Gasteiger partial charge is 0.507 e. The van der Waals surface area contributed by atoms with Crippen molar-refractivity contribution in [1.29, 1.82) is 0 Å². The lowest BCUT2D eigenvalue weighted by atomic mass is 10.1. The summed E-state index contributed by atoms with van der Waals surface area (Å²) in [7, 11) is 1.49. The first-order valence-corrected chi connectivity index (χ1v) is 9.88. The van der Waals surface area contributed by atoms with Crippen molar-refractivity contribution in [3.05, 3.63) is 86.6 Å². The third kappa shape index (κ3) is 3.91. The third-order valence-corrected chi connectivity index (χ3v) is 5.16. The first-order chi connectivity index (χ1) is 15.4. The number of fused-ring (bicyclic) bond motifs is 1. The highest BCUT2D eigenvalue weighted by Gasteiger charge is 2.20. The minimum atomic E-state index is -0.936. The van der Waals surface area contributed by atoms with E-state index in [0.717, 1.165) is 0 Å². The molecule has 0 radical (unpaired) electrons. The Bertz CT molecular complexity index is 1420. The lowest BCUT2D eigenvalue weighted by molar-refractivity contribution is 0.158. The van der Waals surface area contributed by atoms with Crippen molar-refractivity contribution in [3.63, 3.8) is 0 Å². The number of benzene rings is 2. The summed E-state index contributed by atoms with van der Waals surface area (Å²) in [6, 6.07) is 15.7. The van der Waals surface area contributed by atoms with E-state index in [-0.39, 0.29) is 29.4 Å². The monoisotopic (exact) mass is 434 g/mol. The minimum Gasteiger partial charge on any atom is -0.507 e. The summed E-state index contributed by atoms with van der Waals surface area (Å²) in [6.45, 7) is 1.70. The Morgan fingerprint density at radius 1 is 1.16 bits per heavy atom. The Hall–Kier alpha value is -4.18. The Morgan fingerprint density at radius 3 is 2.56 bits per heavy atom. The highest BCUT2D eigenvalue weighted by atomic mass is 16.3. The molecule has 2 aromatic carbocycles. The molecule has 2 heterocycles. The standard InChI is InChI=1S/C22H22N6O4/c1-13(15-10-6-7-11-16(15)29)25-26-21-23-19-18(20(31)24-22(32)27(19)2)28(21)12-17(30)14-8-4-3-5-9-14/h3-11,17,29-30H,12H2,1-2H3,(H,23,26)(H,24,31,32)/b25-13+. The third-order valence-electron chi connectivity index (χ3n) is 5.16. The fourth-order valence-corrected chi connectivity index (χ4v) is 3.42. The van der Waals surface area contributed by atoms with Crippen LogP contribution in [0.5, 0.6) is 5.75 Å². The van der Waals surface area contributed by atoms with Crippen molar-refractivity contribution < 1.29 is 10.2 Å². The molecule has 0 saturated carbocycles. The summed E-state index contributed by atoms with van der Waals surface area (Å²) < 4.78 is 2.69. The molecule has 4 aromatic rings. The normalized spacial score (nSPS) is 12.8. The number of aliphatic hydroxyl groups is 1. The van der Waals surface area contributed by atoms with Crippen LogP contribution in [0.2, 0.25) is 0 Å². The lowest BCUT2D eigenvalue weighted by Gasteiger charge is -2.14. The zero-order valence-corrected chi connectivity index (χ0v) is 17.5. The first kappa shape index (κ1) is 21.1. The number of para-hydroxylation sites is 1. The number of aromatic amines is 1. The predicted octanol–water partition coefficient (Wildman–Crippen LogP) is 1.70. The molecule has 4 N–H and O–H groups in total. The molecule has 10 nitrogen and oxygen atoms in total. The molecule has 0 spiro atoms. The Labute approximate surface area is 182 Å². The number of hydrogen-bond donors (Lipinski definition) is 4. The molecule has 10 heteroatoms. The minimum absolute atomic E-state index is 0.00468. The Balaban J connectivity index is 1.80. The Morgan fingerprint density at radius 2 is 1.84 bits per heavy atom. The second-order valence-corrected chi connectivity index (χ2v) is 7.29. The van der Waals surface area contributed by atoms with Crippen LogP contribution < -0.4 is 16.7 Å². The fraction of sp³-hybridized carbons (Fsp3) is 0.182. The summed E-state index contributed by atoms with van der Waals surface area (Å²) in [6.07, 6.45) is -0.936. The van der Waals surface area contributed by atoms with Gasteiger partial charge in [0.25, 0.3) is 5.56 Å². The van der Waals surface area contributed by atoms with E-state index in [2.05, 4.69) is 20.5 Å². The van der Waals surface area contributed by atoms with Crippen molar-refractivity contribution in [2.45, 2.75) is 19.6 Å². The van der Waals surface area contributed by atoms with Crippen molar-refractivity contribution in [3.8, 4) is 5.75 Å². The fourth-order valence-electron chi connectivity index (χ4n) is 3.42. The first-order valence-electron chi connectivity index (χ1n) is 9.88. The number of aliphatic hydroxyl groups excluding tert-OH is 1. The molecule has 0 saturated heterocycles. The van der Waals surface area contributed by atoms with E-state index in [0.29, 0.717) is 16.8 Å². The highest BCUT2D eigenvalue weighted by molar-refractivity contribution is 6.01. The van der Waals surface area contributed by atoms with Crippen LogP contribution in [0.4, 0.5) is 5.95 Å². The lowest BCUT2D eigenvalue weighted by Crippen LogP contribution is -2.29. The summed E-state index contributed by atoms with van der Waals surface area (Å²) in [5, 5.41) is 25.1. The van der Waals surface area contributed by atoms with Crippen LogP contribution in [-0.4, -0.2) is 35.0 Å². The van der Waals surface area contributed by atoms with Crippen LogP contribution in [-0.2, 0) is 13.6 Å². The van der Waals surface area contributed by atoms with E-state index < -0.39 is 17.4 Å². The Kier molecular flexibility index (Phi) is 5.61. The van der Waals surface area contributed by atoms with Gasteiger partial charge in [0.15, 0.2) is 11.2 Å². The van der Waals surface area contributed by atoms with E-state index in [4.69, 9.17) is 0 Å². The number of H-pyrrole nitrogens is 1. The van der Waals surface area contributed by atoms with Gasteiger partial charge in [-0.2, -0.15) is 10.1 Å². The molecule has 0 amide bonds. The molecular weight excluding hydrogens is 412 g/mol. The van der Waals surface area contributed by atoms with Gasteiger partial charge >= 0.3 is 5.69 Å². The van der Waals surface area contributed by atoms with E-state index >= 15 is 0 Å². The van der Waals surface area contributed by atoms with E-state index in [9.17, 15) is 19.8 Å².